The third kappa shape index (κ3) is 4.54. The molecule has 2 aliphatic heterocycles. The molecule has 5 nitrogen and oxygen atoms in total. The molecule has 13 atom stereocenters. The lowest BCUT2D eigenvalue weighted by Crippen LogP contribution is -2.55. The number of hydrogen-bond acceptors (Lipinski definition) is 5. The second kappa shape index (κ2) is 10.3. The molecule has 0 amide bonds. The molecule has 0 aromatic heterocycles. The average Bonchev–Trinajstić information content (AvgIpc) is 3.40. The number of nitrogens with two attached hydrogens (primary N) is 1. The van der Waals surface area contributed by atoms with E-state index < -0.39 is 6.04 Å². The van der Waals surface area contributed by atoms with Crippen LogP contribution < -0.4 is 5.73 Å². The molecule has 41 heavy (non-hydrogen) atoms. The van der Waals surface area contributed by atoms with Crippen LogP contribution in [0.4, 0.5) is 0 Å². The molecule has 4 aliphatic carbocycles. The Hall–Kier alpha value is -1.43. The molecule has 6 aliphatic rings. The summed E-state index contributed by atoms with van der Waals surface area (Å²) in [5, 5.41) is 0. The number of fused-ring (bicyclic) bond motifs is 7. The van der Waals surface area contributed by atoms with Crippen molar-refractivity contribution in [3.8, 4) is 0 Å². The molecule has 1 spiro atoms. The molecule has 1 aromatic carbocycles. The van der Waals surface area contributed by atoms with Crippen LogP contribution in [0.25, 0.3) is 0 Å². The van der Waals surface area contributed by atoms with Crippen molar-refractivity contribution in [2.45, 2.75) is 122 Å². The van der Waals surface area contributed by atoms with Gasteiger partial charge in [-0.1, -0.05) is 58.0 Å². The zero-order chi connectivity index (χ0) is 28.6. The third-order valence-electron chi connectivity index (χ3n) is 13.8. The normalized spacial score (nSPS) is 49.4. The molecule has 5 heteroatoms. The molecule has 226 valence electrons. The van der Waals surface area contributed by atoms with E-state index in [1.165, 1.54) is 44.9 Å². The Morgan fingerprint density at radius 2 is 1.76 bits per heavy atom. The summed E-state index contributed by atoms with van der Waals surface area (Å²) in [4.78, 5) is 12.9. The highest BCUT2D eigenvalue weighted by Gasteiger charge is 2.69. The maximum absolute atomic E-state index is 12.9. The fourth-order valence-electron chi connectivity index (χ4n) is 11.5. The van der Waals surface area contributed by atoms with Crippen molar-refractivity contribution in [2.24, 2.45) is 58.0 Å². The highest BCUT2D eigenvalue weighted by Crippen LogP contribution is 2.71. The van der Waals surface area contributed by atoms with Gasteiger partial charge in [0.1, 0.15) is 12.1 Å². The number of benzene rings is 1. The topological polar surface area (TPSA) is 70.8 Å². The molecule has 0 bridgehead atoms. The number of hydrogen-bond donors (Lipinski definition) is 1. The van der Waals surface area contributed by atoms with E-state index in [0.717, 1.165) is 49.2 Å². The van der Waals surface area contributed by atoms with Crippen LogP contribution in [0.5, 0.6) is 0 Å². The monoisotopic (exact) mass is 563 g/mol. The largest absolute Gasteiger partial charge is 0.461 e. The summed E-state index contributed by atoms with van der Waals surface area (Å²) in [6, 6.07) is 9.44. The van der Waals surface area contributed by atoms with E-state index in [4.69, 9.17) is 19.9 Å². The predicted octanol–water partition coefficient (Wildman–Crippen LogP) is 6.91. The van der Waals surface area contributed by atoms with Crippen LogP contribution in [0.3, 0.4) is 0 Å². The minimum Gasteiger partial charge on any atom is -0.461 e. The van der Waals surface area contributed by atoms with Crippen molar-refractivity contribution in [3.05, 3.63) is 35.9 Å². The first kappa shape index (κ1) is 28.3. The van der Waals surface area contributed by atoms with E-state index in [0.29, 0.717) is 47.0 Å². The van der Waals surface area contributed by atoms with E-state index in [9.17, 15) is 4.79 Å². The number of rotatable bonds is 4. The predicted molar refractivity (Wildman–Crippen MR) is 160 cm³/mol. The Bertz CT molecular complexity index is 1120. The van der Waals surface area contributed by atoms with E-state index in [1.54, 1.807) is 0 Å². The quantitative estimate of drug-likeness (QED) is 0.403. The van der Waals surface area contributed by atoms with Crippen molar-refractivity contribution in [2.75, 3.05) is 6.61 Å². The molecular formula is C36H53NO4. The van der Waals surface area contributed by atoms with Gasteiger partial charge in [0.25, 0.3) is 0 Å². The molecule has 4 saturated carbocycles. The first-order chi connectivity index (χ1) is 19.6. The van der Waals surface area contributed by atoms with Gasteiger partial charge in [-0.05, 0) is 116 Å². The van der Waals surface area contributed by atoms with Crippen molar-refractivity contribution in [1.82, 2.24) is 0 Å². The van der Waals surface area contributed by atoms with Gasteiger partial charge >= 0.3 is 5.97 Å². The summed E-state index contributed by atoms with van der Waals surface area (Å²) in [6.45, 7) is 10.8. The molecule has 2 heterocycles. The third-order valence-corrected chi connectivity index (χ3v) is 13.8. The zero-order valence-electron chi connectivity index (χ0n) is 25.9. The fourth-order valence-corrected chi connectivity index (χ4v) is 11.5. The molecule has 8 unspecified atom stereocenters. The first-order valence-corrected chi connectivity index (χ1v) is 16.9. The highest BCUT2D eigenvalue weighted by molar-refractivity contribution is 5.76. The fraction of sp³-hybridized carbons (Fsp3) is 0.806. The van der Waals surface area contributed by atoms with Crippen molar-refractivity contribution in [3.63, 3.8) is 0 Å². The molecule has 2 saturated heterocycles. The van der Waals surface area contributed by atoms with Crippen LogP contribution >= 0.6 is 0 Å². The number of ether oxygens (including phenoxy) is 3. The summed E-state index contributed by atoms with van der Waals surface area (Å²) in [7, 11) is 0. The summed E-state index contributed by atoms with van der Waals surface area (Å²) in [5.74, 6) is 4.20. The summed E-state index contributed by atoms with van der Waals surface area (Å²) >= 11 is 0. The standard InChI is InChI=1S/C36H53NO4/c1-22-12-17-36(39-21-22)23(2)32-31(41-36)20-29-27-11-10-25-19-26(13-15-34(25,3)28(27)14-16-35(29,32)4)40-33(38)30(37)18-24-8-6-5-7-9-24/h5-9,22-23,25-32H,10-21,37H2,1-4H3/t22-,23?,25?,26+,27?,28?,29?,30?,31?,32?,34+,35+,36-/m1/s1. The molecule has 7 rings (SSSR count). The van der Waals surface area contributed by atoms with Gasteiger partial charge in [0.2, 0.25) is 0 Å². The van der Waals surface area contributed by atoms with Crippen LogP contribution in [0.1, 0.15) is 97.5 Å². The van der Waals surface area contributed by atoms with Crippen LogP contribution in [0.15, 0.2) is 30.3 Å². The van der Waals surface area contributed by atoms with Gasteiger partial charge in [0, 0.05) is 12.3 Å². The lowest BCUT2D eigenvalue weighted by molar-refractivity contribution is -0.273. The number of esters is 1. The summed E-state index contributed by atoms with van der Waals surface area (Å²) in [6.07, 6.45) is 12.9. The molecule has 1 aromatic rings. The van der Waals surface area contributed by atoms with Crippen molar-refractivity contribution < 1.29 is 19.0 Å². The number of carbonyl (C=O) groups is 1. The second-order valence-electron chi connectivity index (χ2n) is 15.8. The van der Waals surface area contributed by atoms with E-state index in [2.05, 4.69) is 27.7 Å². The average molecular weight is 564 g/mol. The second-order valence-corrected chi connectivity index (χ2v) is 15.8. The Kier molecular flexibility index (Phi) is 7.15. The Morgan fingerprint density at radius 3 is 2.51 bits per heavy atom. The minimum absolute atomic E-state index is 0.0160. The molecular weight excluding hydrogens is 510 g/mol. The van der Waals surface area contributed by atoms with Crippen LogP contribution in [0.2, 0.25) is 0 Å². The highest BCUT2D eigenvalue weighted by atomic mass is 16.7. The SMILES string of the molecule is CC1C2C(CC3C4CCC5C[C@@H](OC(=O)C(N)Cc6ccccc6)CC[C@]5(C)C4CC[C@@]32C)O[C@]12CC[C@@H](C)CO2. The zero-order valence-corrected chi connectivity index (χ0v) is 25.9. The van der Waals surface area contributed by atoms with Crippen LogP contribution in [-0.4, -0.2) is 36.6 Å². The Morgan fingerprint density at radius 1 is 0.976 bits per heavy atom. The maximum Gasteiger partial charge on any atom is 0.323 e. The van der Waals surface area contributed by atoms with Gasteiger partial charge in [-0.3, -0.25) is 4.79 Å². The van der Waals surface area contributed by atoms with Crippen molar-refractivity contribution >= 4 is 5.97 Å². The van der Waals surface area contributed by atoms with Gasteiger partial charge in [-0.25, -0.2) is 0 Å². The lowest BCUT2D eigenvalue weighted by Gasteiger charge is -2.61. The summed E-state index contributed by atoms with van der Waals surface area (Å²) in [5.41, 5.74) is 8.09. The van der Waals surface area contributed by atoms with E-state index >= 15 is 0 Å². The van der Waals surface area contributed by atoms with E-state index in [1.807, 2.05) is 30.3 Å². The maximum atomic E-state index is 12.9. The number of carbonyl (C=O) groups excluding carboxylic acids is 1. The van der Waals surface area contributed by atoms with Gasteiger partial charge in [-0.15, -0.1) is 0 Å². The van der Waals surface area contributed by atoms with Crippen molar-refractivity contribution in [1.29, 1.82) is 0 Å². The molecule has 0 radical (unpaired) electrons. The van der Waals surface area contributed by atoms with Crippen LogP contribution in [-0.2, 0) is 25.4 Å². The van der Waals surface area contributed by atoms with Gasteiger partial charge in [0.05, 0.1) is 12.7 Å². The molecule has 2 N–H and O–H groups in total. The molecule has 6 fully saturated rings. The van der Waals surface area contributed by atoms with Gasteiger partial charge in [-0.2, -0.15) is 0 Å². The Balaban J connectivity index is 1.00. The van der Waals surface area contributed by atoms with Gasteiger partial charge < -0.3 is 19.9 Å². The smallest absolute Gasteiger partial charge is 0.323 e. The lowest BCUT2D eigenvalue weighted by atomic mass is 9.44. The summed E-state index contributed by atoms with van der Waals surface area (Å²) < 4.78 is 19.6. The Labute approximate surface area is 247 Å². The van der Waals surface area contributed by atoms with Crippen LogP contribution in [0, 0.1) is 52.3 Å². The first-order valence-electron chi connectivity index (χ1n) is 16.9. The minimum atomic E-state index is -0.592. The van der Waals surface area contributed by atoms with Gasteiger partial charge in [0.15, 0.2) is 5.79 Å². The van der Waals surface area contributed by atoms with E-state index in [-0.39, 0.29) is 17.9 Å².